The van der Waals surface area contributed by atoms with E-state index in [4.69, 9.17) is 0 Å². The Morgan fingerprint density at radius 2 is 1.26 bits per heavy atom. The van der Waals surface area contributed by atoms with Crippen LogP contribution in [0.25, 0.3) is 12.2 Å². The van der Waals surface area contributed by atoms with E-state index in [2.05, 4.69) is 35.8 Å². The van der Waals surface area contributed by atoms with Crippen LogP contribution in [-0.4, -0.2) is 18.7 Å². The van der Waals surface area contributed by atoms with Gasteiger partial charge in [-0.15, -0.1) is 0 Å². The summed E-state index contributed by atoms with van der Waals surface area (Å²) in [5, 5.41) is 0. The Bertz CT molecular complexity index is 559. The van der Waals surface area contributed by atoms with Crippen LogP contribution in [0.2, 0.25) is 0 Å². The lowest BCUT2D eigenvalue weighted by molar-refractivity contribution is -0.161. The molecule has 0 fully saturated rings. The predicted octanol–water partition coefficient (Wildman–Crippen LogP) is 4.16. The third-order valence-corrected chi connectivity index (χ3v) is 2.51. The minimum atomic E-state index is -0.588. The molecule has 0 saturated heterocycles. The zero-order valence-corrected chi connectivity index (χ0v) is 13.6. The average Bonchev–Trinajstić information content (AvgIpc) is 2.54. The molecule has 0 saturated carbocycles. The standard InChI is InChI=1S/C10H10.C9H12O4/c1-3-9-7-5-6-8-10(9)4-2;1-6(2)8(10)12-5-13-9(11)7(3)4/h3-8H,1-2H2;1,3,5H2,2,4H3. The van der Waals surface area contributed by atoms with Gasteiger partial charge in [-0.1, -0.05) is 62.7 Å². The highest BCUT2D eigenvalue weighted by atomic mass is 16.7. The molecule has 0 atom stereocenters. The molecule has 0 aliphatic carbocycles. The van der Waals surface area contributed by atoms with Crippen LogP contribution in [0.5, 0.6) is 0 Å². The maximum Gasteiger partial charge on any atom is 0.335 e. The summed E-state index contributed by atoms with van der Waals surface area (Å²) in [4.78, 5) is 21.5. The number of ether oxygens (including phenoxy) is 2. The van der Waals surface area contributed by atoms with E-state index >= 15 is 0 Å². The van der Waals surface area contributed by atoms with Crippen molar-refractivity contribution in [1.29, 1.82) is 0 Å². The van der Waals surface area contributed by atoms with Crippen molar-refractivity contribution in [3.8, 4) is 0 Å². The van der Waals surface area contributed by atoms with Gasteiger partial charge in [0.1, 0.15) is 0 Å². The second-order valence-electron chi connectivity index (χ2n) is 4.58. The van der Waals surface area contributed by atoms with Crippen molar-refractivity contribution >= 4 is 24.1 Å². The van der Waals surface area contributed by atoms with Gasteiger partial charge in [-0.3, -0.25) is 0 Å². The second-order valence-corrected chi connectivity index (χ2v) is 4.58. The number of rotatable bonds is 6. The molecule has 0 heterocycles. The van der Waals surface area contributed by atoms with E-state index in [9.17, 15) is 9.59 Å². The van der Waals surface area contributed by atoms with E-state index in [0.717, 1.165) is 11.1 Å². The van der Waals surface area contributed by atoms with Crippen LogP contribution < -0.4 is 0 Å². The number of hydrogen-bond donors (Lipinski definition) is 0. The molecule has 0 amide bonds. The zero-order valence-electron chi connectivity index (χ0n) is 13.6. The summed E-state index contributed by atoms with van der Waals surface area (Å²) < 4.78 is 9.00. The Hall–Kier alpha value is -2.88. The van der Waals surface area contributed by atoms with Crippen molar-refractivity contribution in [2.45, 2.75) is 13.8 Å². The van der Waals surface area contributed by atoms with Gasteiger partial charge in [0.2, 0.25) is 6.79 Å². The molecule has 0 aliphatic heterocycles. The number of hydrogen-bond acceptors (Lipinski definition) is 4. The summed E-state index contributed by atoms with van der Waals surface area (Å²) in [6.45, 7) is 16.7. The van der Waals surface area contributed by atoms with Gasteiger partial charge >= 0.3 is 11.9 Å². The molecule has 0 radical (unpaired) electrons. The Morgan fingerprint density at radius 1 is 0.913 bits per heavy atom. The van der Waals surface area contributed by atoms with Crippen LogP contribution in [0, 0.1) is 0 Å². The van der Waals surface area contributed by atoms with Crippen LogP contribution in [0.1, 0.15) is 25.0 Å². The van der Waals surface area contributed by atoms with E-state index < -0.39 is 18.7 Å². The minimum Gasteiger partial charge on any atom is -0.425 e. The predicted molar refractivity (Wildman–Crippen MR) is 93.3 cm³/mol. The average molecular weight is 314 g/mol. The summed E-state index contributed by atoms with van der Waals surface area (Å²) in [7, 11) is 0. The van der Waals surface area contributed by atoms with Crippen LogP contribution in [-0.2, 0) is 19.1 Å². The lowest BCUT2D eigenvalue weighted by Gasteiger charge is -2.04. The van der Waals surface area contributed by atoms with Crippen molar-refractivity contribution in [1.82, 2.24) is 0 Å². The van der Waals surface area contributed by atoms with Gasteiger partial charge in [0.15, 0.2) is 0 Å². The van der Waals surface area contributed by atoms with Crippen molar-refractivity contribution < 1.29 is 19.1 Å². The summed E-state index contributed by atoms with van der Waals surface area (Å²) in [5.41, 5.74) is 2.78. The first-order chi connectivity index (χ1) is 10.8. The maximum absolute atomic E-state index is 10.8. The van der Waals surface area contributed by atoms with Crippen LogP contribution in [0.15, 0.2) is 61.7 Å². The molecule has 122 valence electrons. The van der Waals surface area contributed by atoms with Crippen LogP contribution >= 0.6 is 0 Å². The number of esters is 2. The normalized spacial score (nSPS) is 8.78. The van der Waals surface area contributed by atoms with Gasteiger partial charge in [0.05, 0.1) is 0 Å². The molecule has 0 spiro atoms. The highest BCUT2D eigenvalue weighted by molar-refractivity contribution is 5.88. The minimum absolute atomic E-state index is 0.256. The fourth-order valence-electron chi connectivity index (χ4n) is 1.27. The maximum atomic E-state index is 10.8. The van der Waals surface area contributed by atoms with E-state index in [1.165, 1.54) is 13.8 Å². The van der Waals surface area contributed by atoms with E-state index in [1.807, 2.05) is 36.4 Å². The molecule has 4 heteroatoms. The Kier molecular flexibility index (Phi) is 9.44. The lowest BCUT2D eigenvalue weighted by Crippen LogP contribution is -2.13. The molecule has 0 N–H and O–H groups in total. The molecule has 4 nitrogen and oxygen atoms in total. The Labute approximate surface area is 137 Å². The fraction of sp³-hybridized carbons (Fsp3) is 0.158. The van der Waals surface area contributed by atoms with Crippen LogP contribution in [0.4, 0.5) is 0 Å². The molecule has 0 aliphatic rings. The van der Waals surface area contributed by atoms with Gasteiger partial charge in [0, 0.05) is 11.1 Å². The molecular formula is C19H22O4. The highest BCUT2D eigenvalue weighted by Crippen LogP contribution is 2.10. The first kappa shape index (κ1) is 20.1. The van der Waals surface area contributed by atoms with Gasteiger partial charge in [-0.2, -0.15) is 0 Å². The second kappa shape index (κ2) is 10.8. The Morgan fingerprint density at radius 3 is 1.52 bits per heavy atom. The fourth-order valence-corrected chi connectivity index (χ4v) is 1.27. The third-order valence-electron chi connectivity index (χ3n) is 2.51. The quantitative estimate of drug-likeness (QED) is 0.449. The van der Waals surface area contributed by atoms with Gasteiger partial charge < -0.3 is 9.47 Å². The topological polar surface area (TPSA) is 52.6 Å². The molecule has 0 bridgehead atoms. The lowest BCUT2D eigenvalue weighted by atomic mass is 10.1. The molecule has 1 rings (SSSR count). The van der Waals surface area contributed by atoms with Crippen LogP contribution in [0.3, 0.4) is 0 Å². The summed E-state index contributed by atoms with van der Waals surface area (Å²) in [6, 6.07) is 8.02. The molecule has 0 unspecified atom stereocenters. The van der Waals surface area contributed by atoms with Crippen molar-refractivity contribution in [2.75, 3.05) is 6.79 Å². The number of benzene rings is 1. The SMILES string of the molecule is C=C(C)C(=O)OCOC(=O)C(=C)C.C=Cc1ccccc1C=C. The van der Waals surface area contributed by atoms with Crippen molar-refractivity contribution in [2.24, 2.45) is 0 Å². The summed E-state index contributed by atoms with van der Waals surface area (Å²) >= 11 is 0. The van der Waals surface area contributed by atoms with Crippen molar-refractivity contribution in [3.05, 3.63) is 72.9 Å². The zero-order chi connectivity index (χ0) is 17.8. The Balaban J connectivity index is 0.000000433. The highest BCUT2D eigenvalue weighted by Gasteiger charge is 2.06. The largest absolute Gasteiger partial charge is 0.425 e. The third kappa shape index (κ3) is 8.21. The molecular weight excluding hydrogens is 292 g/mol. The monoisotopic (exact) mass is 314 g/mol. The van der Waals surface area contributed by atoms with E-state index in [-0.39, 0.29) is 11.1 Å². The first-order valence-electron chi connectivity index (χ1n) is 6.82. The van der Waals surface area contributed by atoms with Crippen molar-refractivity contribution in [3.63, 3.8) is 0 Å². The van der Waals surface area contributed by atoms with Gasteiger partial charge in [0.25, 0.3) is 0 Å². The molecule has 23 heavy (non-hydrogen) atoms. The molecule has 1 aromatic rings. The molecule has 0 aromatic heterocycles. The number of carbonyl (C=O) groups excluding carboxylic acids is 2. The molecule has 1 aromatic carbocycles. The summed E-state index contributed by atoms with van der Waals surface area (Å²) in [6.07, 6.45) is 3.66. The number of carbonyl (C=O) groups is 2. The van der Waals surface area contributed by atoms with Gasteiger partial charge in [-0.05, 0) is 25.0 Å². The van der Waals surface area contributed by atoms with Gasteiger partial charge in [-0.25, -0.2) is 9.59 Å². The van der Waals surface area contributed by atoms with E-state index in [0.29, 0.717) is 0 Å². The first-order valence-corrected chi connectivity index (χ1v) is 6.82. The summed E-state index contributed by atoms with van der Waals surface area (Å²) in [5.74, 6) is -1.18. The smallest absolute Gasteiger partial charge is 0.335 e. The van der Waals surface area contributed by atoms with E-state index in [1.54, 1.807) is 0 Å².